The van der Waals surface area contributed by atoms with Crippen molar-refractivity contribution in [3.63, 3.8) is 0 Å². The van der Waals surface area contributed by atoms with E-state index in [0.29, 0.717) is 12.6 Å². The third-order valence-electron chi connectivity index (χ3n) is 3.15. The minimum absolute atomic E-state index is 0.0938. The molecule has 2 rings (SSSR count). The summed E-state index contributed by atoms with van der Waals surface area (Å²) in [5, 5.41) is 6.12. The second-order valence-electron chi connectivity index (χ2n) is 4.50. The van der Waals surface area contributed by atoms with E-state index in [1.807, 2.05) is 0 Å². The van der Waals surface area contributed by atoms with Crippen LogP contribution in [0.15, 0.2) is 18.2 Å². The van der Waals surface area contributed by atoms with Crippen molar-refractivity contribution in [1.82, 2.24) is 10.6 Å². The predicted molar refractivity (Wildman–Crippen MR) is 64.4 cm³/mol. The lowest BCUT2D eigenvalue weighted by Crippen LogP contribution is -2.52. The van der Waals surface area contributed by atoms with Crippen LogP contribution in [0.4, 0.5) is 0 Å². The van der Waals surface area contributed by atoms with Gasteiger partial charge in [-0.2, -0.15) is 0 Å². The van der Waals surface area contributed by atoms with E-state index >= 15 is 0 Å². The topological polar surface area (TPSA) is 41.1 Å². The van der Waals surface area contributed by atoms with Gasteiger partial charge in [0.25, 0.3) is 0 Å². The van der Waals surface area contributed by atoms with Gasteiger partial charge >= 0.3 is 0 Å². The second kappa shape index (κ2) is 4.66. The van der Waals surface area contributed by atoms with Gasteiger partial charge in [-0.1, -0.05) is 18.2 Å². The van der Waals surface area contributed by atoms with Crippen molar-refractivity contribution >= 4 is 5.91 Å². The first-order valence-corrected chi connectivity index (χ1v) is 5.71. The van der Waals surface area contributed by atoms with Crippen LogP contribution in [0.1, 0.15) is 16.7 Å². The fourth-order valence-electron chi connectivity index (χ4n) is 1.97. The quantitative estimate of drug-likeness (QED) is 0.775. The van der Waals surface area contributed by atoms with Crippen molar-refractivity contribution in [3.8, 4) is 0 Å². The first-order chi connectivity index (χ1) is 7.65. The van der Waals surface area contributed by atoms with Crippen LogP contribution in [0.25, 0.3) is 0 Å². The number of carbonyl (C=O) groups is 1. The lowest BCUT2D eigenvalue weighted by atomic mass is 10.0. The lowest BCUT2D eigenvalue weighted by molar-refractivity contribution is -0.121. The fraction of sp³-hybridized carbons (Fsp3) is 0.462. The van der Waals surface area contributed by atoms with Gasteiger partial charge in [0.15, 0.2) is 0 Å². The highest BCUT2D eigenvalue weighted by molar-refractivity contribution is 5.78. The Morgan fingerprint density at radius 2 is 2.12 bits per heavy atom. The SMILES string of the molecule is Cc1ccc(CC2CNC(=O)CN2)cc1C. The van der Waals surface area contributed by atoms with E-state index in [9.17, 15) is 4.79 Å². The van der Waals surface area contributed by atoms with Crippen molar-refractivity contribution in [1.29, 1.82) is 0 Å². The molecule has 86 valence electrons. The number of nitrogens with one attached hydrogen (secondary N) is 2. The van der Waals surface area contributed by atoms with E-state index in [4.69, 9.17) is 0 Å². The van der Waals surface area contributed by atoms with Crippen molar-refractivity contribution in [2.24, 2.45) is 0 Å². The molecule has 1 aromatic carbocycles. The van der Waals surface area contributed by atoms with E-state index in [2.05, 4.69) is 42.7 Å². The number of benzene rings is 1. The van der Waals surface area contributed by atoms with Crippen molar-refractivity contribution < 1.29 is 4.79 Å². The molecule has 3 nitrogen and oxygen atoms in total. The molecule has 16 heavy (non-hydrogen) atoms. The summed E-state index contributed by atoms with van der Waals surface area (Å²) in [5.74, 6) is 0.0938. The van der Waals surface area contributed by atoms with E-state index in [1.54, 1.807) is 0 Å². The molecular weight excluding hydrogens is 200 g/mol. The molecule has 1 aromatic rings. The molecular formula is C13H18N2O. The summed E-state index contributed by atoms with van der Waals surface area (Å²) >= 11 is 0. The molecule has 1 amide bonds. The van der Waals surface area contributed by atoms with E-state index in [-0.39, 0.29) is 5.91 Å². The first-order valence-electron chi connectivity index (χ1n) is 5.71. The van der Waals surface area contributed by atoms with Crippen LogP contribution in [0, 0.1) is 13.8 Å². The number of hydrogen-bond donors (Lipinski definition) is 2. The molecule has 0 aliphatic carbocycles. The van der Waals surface area contributed by atoms with Crippen LogP contribution in [-0.2, 0) is 11.2 Å². The molecule has 0 radical (unpaired) electrons. The van der Waals surface area contributed by atoms with Crippen molar-refractivity contribution in [2.45, 2.75) is 26.3 Å². The number of piperazine rings is 1. The smallest absolute Gasteiger partial charge is 0.234 e. The summed E-state index contributed by atoms with van der Waals surface area (Å²) in [5.41, 5.74) is 3.99. The zero-order valence-corrected chi connectivity index (χ0v) is 9.84. The van der Waals surface area contributed by atoms with Gasteiger partial charge in [-0.15, -0.1) is 0 Å². The molecule has 2 N–H and O–H groups in total. The molecule has 0 bridgehead atoms. The van der Waals surface area contributed by atoms with Gasteiger partial charge < -0.3 is 10.6 Å². The molecule has 1 heterocycles. The van der Waals surface area contributed by atoms with Crippen molar-refractivity contribution in [3.05, 3.63) is 34.9 Å². The average Bonchev–Trinajstić information content (AvgIpc) is 2.27. The maximum atomic E-state index is 11.0. The molecule has 1 aliphatic heterocycles. The minimum atomic E-state index is 0.0938. The van der Waals surface area contributed by atoms with E-state index in [1.165, 1.54) is 16.7 Å². The maximum Gasteiger partial charge on any atom is 0.234 e. The Bertz CT molecular complexity index is 391. The lowest BCUT2D eigenvalue weighted by Gasteiger charge is -2.24. The standard InChI is InChI=1S/C13H18N2O/c1-9-3-4-11(5-10(9)2)6-12-7-15-13(16)8-14-12/h3-5,12,14H,6-8H2,1-2H3,(H,15,16). The van der Waals surface area contributed by atoms with Crippen LogP contribution in [0.2, 0.25) is 0 Å². The van der Waals surface area contributed by atoms with Crippen LogP contribution in [0.5, 0.6) is 0 Å². The summed E-state index contributed by atoms with van der Waals surface area (Å²) in [6.07, 6.45) is 0.974. The van der Waals surface area contributed by atoms with Gasteiger partial charge in [-0.25, -0.2) is 0 Å². The highest BCUT2D eigenvalue weighted by Gasteiger charge is 2.17. The summed E-state index contributed by atoms with van der Waals surface area (Å²) in [4.78, 5) is 11.0. The molecule has 0 spiro atoms. The number of amides is 1. The fourth-order valence-corrected chi connectivity index (χ4v) is 1.97. The Morgan fingerprint density at radius 3 is 2.75 bits per heavy atom. The summed E-state index contributed by atoms with van der Waals surface area (Å²) in [7, 11) is 0. The molecule has 1 saturated heterocycles. The molecule has 1 atom stereocenters. The monoisotopic (exact) mass is 218 g/mol. The highest BCUT2D eigenvalue weighted by Crippen LogP contribution is 2.11. The molecule has 3 heteroatoms. The van der Waals surface area contributed by atoms with Gasteiger partial charge in [0.05, 0.1) is 6.54 Å². The largest absolute Gasteiger partial charge is 0.353 e. The van der Waals surface area contributed by atoms with Gasteiger partial charge in [0.2, 0.25) is 5.91 Å². The Balaban J connectivity index is 1.98. The predicted octanol–water partition coefficient (Wildman–Crippen LogP) is 0.934. The van der Waals surface area contributed by atoms with E-state index < -0.39 is 0 Å². The second-order valence-corrected chi connectivity index (χ2v) is 4.50. The Hall–Kier alpha value is -1.35. The zero-order chi connectivity index (χ0) is 11.5. The molecule has 0 aromatic heterocycles. The third kappa shape index (κ3) is 2.61. The number of aryl methyl sites for hydroxylation is 2. The van der Waals surface area contributed by atoms with Gasteiger partial charge in [0, 0.05) is 12.6 Å². The van der Waals surface area contributed by atoms with Gasteiger partial charge in [-0.05, 0) is 37.0 Å². The number of hydrogen-bond acceptors (Lipinski definition) is 2. The minimum Gasteiger partial charge on any atom is -0.353 e. The average molecular weight is 218 g/mol. The summed E-state index contributed by atoms with van der Waals surface area (Å²) in [6.45, 7) is 5.42. The summed E-state index contributed by atoms with van der Waals surface area (Å²) in [6, 6.07) is 6.92. The maximum absolute atomic E-state index is 11.0. The van der Waals surface area contributed by atoms with Gasteiger partial charge in [0.1, 0.15) is 0 Å². The Kier molecular flexibility index (Phi) is 3.25. The third-order valence-corrected chi connectivity index (χ3v) is 3.15. The molecule has 1 fully saturated rings. The normalized spacial score (nSPS) is 20.6. The number of rotatable bonds is 2. The van der Waals surface area contributed by atoms with Crippen LogP contribution >= 0.6 is 0 Å². The summed E-state index contributed by atoms with van der Waals surface area (Å²) < 4.78 is 0. The molecule has 0 saturated carbocycles. The van der Waals surface area contributed by atoms with Gasteiger partial charge in [-0.3, -0.25) is 4.79 Å². The first kappa shape index (κ1) is 11.1. The zero-order valence-electron chi connectivity index (χ0n) is 9.84. The van der Waals surface area contributed by atoms with Crippen LogP contribution < -0.4 is 10.6 Å². The molecule has 1 aliphatic rings. The molecule has 1 unspecified atom stereocenters. The van der Waals surface area contributed by atoms with E-state index in [0.717, 1.165) is 13.0 Å². The Morgan fingerprint density at radius 1 is 1.31 bits per heavy atom. The Labute approximate surface area is 96.2 Å². The van der Waals surface area contributed by atoms with Crippen molar-refractivity contribution in [2.75, 3.05) is 13.1 Å². The van der Waals surface area contributed by atoms with Crippen LogP contribution in [0.3, 0.4) is 0 Å². The van der Waals surface area contributed by atoms with Crippen LogP contribution in [-0.4, -0.2) is 25.0 Å². The number of carbonyl (C=O) groups excluding carboxylic acids is 1. The highest BCUT2D eigenvalue weighted by atomic mass is 16.2.